The van der Waals surface area contributed by atoms with Gasteiger partial charge < -0.3 is 10.2 Å². The molecule has 0 saturated carbocycles. The van der Waals surface area contributed by atoms with Gasteiger partial charge in [0.25, 0.3) is 0 Å². The Hall–Kier alpha value is -2.62. The Balaban J connectivity index is 1.95. The van der Waals surface area contributed by atoms with E-state index in [2.05, 4.69) is 5.32 Å². The molecule has 0 bridgehead atoms. The summed E-state index contributed by atoms with van der Waals surface area (Å²) in [5.74, 6) is -0.259. The van der Waals surface area contributed by atoms with Crippen molar-refractivity contribution in [3.05, 3.63) is 64.7 Å². The second kappa shape index (κ2) is 7.77. The van der Waals surface area contributed by atoms with Crippen molar-refractivity contribution in [2.24, 2.45) is 0 Å². The zero-order chi connectivity index (χ0) is 17.7. The molecule has 0 aromatic heterocycles. The topological polar surface area (TPSA) is 49.4 Å². The molecule has 24 heavy (non-hydrogen) atoms. The first-order chi connectivity index (χ1) is 11.4. The van der Waals surface area contributed by atoms with Crippen LogP contribution in [0.5, 0.6) is 0 Å². The van der Waals surface area contributed by atoms with Crippen LogP contribution in [0.25, 0.3) is 0 Å². The van der Waals surface area contributed by atoms with Crippen molar-refractivity contribution in [2.75, 3.05) is 18.9 Å². The van der Waals surface area contributed by atoms with Crippen molar-refractivity contribution >= 4 is 17.5 Å². The van der Waals surface area contributed by atoms with Gasteiger partial charge in [0.2, 0.25) is 11.8 Å². The monoisotopic (exact) mass is 324 g/mol. The van der Waals surface area contributed by atoms with Crippen LogP contribution in [-0.4, -0.2) is 30.3 Å². The molecule has 0 aliphatic carbocycles. The molecule has 0 aliphatic rings. The van der Waals surface area contributed by atoms with Crippen LogP contribution < -0.4 is 5.32 Å². The standard InChI is InChI=1S/C20H24N2O2/c1-14-9-7-11-18(16(14)3)21-19(23)13-22(4)20(24)12-17-10-6-5-8-15(17)2/h5-11H,12-13H2,1-4H3,(H,21,23). The molecule has 0 atom stereocenters. The van der Waals surface area contributed by atoms with Crippen LogP contribution in [0.2, 0.25) is 0 Å². The average Bonchev–Trinajstić information content (AvgIpc) is 2.54. The SMILES string of the molecule is Cc1ccccc1CC(=O)N(C)CC(=O)Nc1cccc(C)c1C. The van der Waals surface area contributed by atoms with Gasteiger partial charge in [-0.3, -0.25) is 9.59 Å². The van der Waals surface area contributed by atoms with E-state index in [9.17, 15) is 9.59 Å². The van der Waals surface area contributed by atoms with E-state index >= 15 is 0 Å². The molecule has 2 aromatic rings. The molecule has 0 heterocycles. The maximum atomic E-state index is 12.3. The fourth-order valence-electron chi connectivity index (χ4n) is 2.49. The zero-order valence-corrected chi connectivity index (χ0v) is 14.7. The third-order valence-corrected chi connectivity index (χ3v) is 4.29. The molecule has 2 rings (SSSR count). The Morgan fingerprint density at radius 2 is 1.62 bits per heavy atom. The van der Waals surface area contributed by atoms with Crippen molar-refractivity contribution in [3.8, 4) is 0 Å². The molecule has 1 N–H and O–H groups in total. The number of benzene rings is 2. The molecule has 4 nitrogen and oxygen atoms in total. The molecular weight excluding hydrogens is 300 g/mol. The highest BCUT2D eigenvalue weighted by atomic mass is 16.2. The van der Waals surface area contributed by atoms with E-state index in [-0.39, 0.29) is 18.4 Å². The first kappa shape index (κ1) is 17.7. The van der Waals surface area contributed by atoms with Crippen molar-refractivity contribution in [1.29, 1.82) is 0 Å². The van der Waals surface area contributed by atoms with E-state index in [0.717, 1.165) is 27.9 Å². The van der Waals surface area contributed by atoms with E-state index in [1.165, 1.54) is 4.90 Å². The van der Waals surface area contributed by atoms with Crippen LogP contribution >= 0.6 is 0 Å². The minimum atomic E-state index is -0.190. The van der Waals surface area contributed by atoms with Gasteiger partial charge in [0.1, 0.15) is 0 Å². The molecule has 0 saturated heterocycles. The molecule has 0 fully saturated rings. The third-order valence-electron chi connectivity index (χ3n) is 4.29. The van der Waals surface area contributed by atoms with Gasteiger partial charge in [0.15, 0.2) is 0 Å². The minimum absolute atomic E-state index is 0.0398. The summed E-state index contributed by atoms with van der Waals surface area (Å²) in [7, 11) is 1.66. The number of anilines is 1. The predicted molar refractivity (Wildman–Crippen MR) is 97.1 cm³/mol. The number of aryl methyl sites for hydroxylation is 2. The molecular formula is C20H24N2O2. The van der Waals surface area contributed by atoms with Crippen LogP contribution in [0.3, 0.4) is 0 Å². The summed E-state index contributed by atoms with van der Waals surface area (Å²) in [6.07, 6.45) is 0.305. The highest BCUT2D eigenvalue weighted by Crippen LogP contribution is 2.17. The number of carbonyl (C=O) groups is 2. The number of rotatable bonds is 5. The van der Waals surface area contributed by atoms with Gasteiger partial charge in [-0.25, -0.2) is 0 Å². The van der Waals surface area contributed by atoms with Gasteiger partial charge in [-0.15, -0.1) is 0 Å². The Bertz CT molecular complexity index is 753. The number of nitrogens with zero attached hydrogens (tertiary/aromatic N) is 1. The second-order valence-corrected chi connectivity index (χ2v) is 6.15. The quantitative estimate of drug-likeness (QED) is 0.918. The zero-order valence-electron chi connectivity index (χ0n) is 14.7. The van der Waals surface area contributed by atoms with Crippen molar-refractivity contribution in [3.63, 3.8) is 0 Å². The van der Waals surface area contributed by atoms with Crippen LogP contribution in [0.15, 0.2) is 42.5 Å². The summed E-state index contributed by atoms with van der Waals surface area (Å²) >= 11 is 0. The Morgan fingerprint density at radius 1 is 0.958 bits per heavy atom. The summed E-state index contributed by atoms with van der Waals surface area (Å²) in [5, 5.41) is 2.88. The molecule has 126 valence electrons. The average molecular weight is 324 g/mol. The maximum absolute atomic E-state index is 12.3. The molecule has 2 amide bonds. The smallest absolute Gasteiger partial charge is 0.243 e. The lowest BCUT2D eigenvalue weighted by atomic mass is 10.1. The van der Waals surface area contributed by atoms with Gasteiger partial charge in [-0.2, -0.15) is 0 Å². The Morgan fingerprint density at radius 3 is 2.33 bits per heavy atom. The predicted octanol–water partition coefficient (Wildman–Crippen LogP) is 3.25. The van der Waals surface area contributed by atoms with E-state index in [0.29, 0.717) is 6.42 Å². The third kappa shape index (κ3) is 4.44. The number of likely N-dealkylation sites (N-methyl/N-ethyl adjacent to an activating group) is 1. The largest absolute Gasteiger partial charge is 0.336 e. The van der Waals surface area contributed by atoms with Crippen LogP contribution in [0.4, 0.5) is 5.69 Å². The van der Waals surface area contributed by atoms with Gasteiger partial charge in [0.05, 0.1) is 13.0 Å². The summed E-state index contributed by atoms with van der Waals surface area (Å²) < 4.78 is 0. The summed E-state index contributed by atoms with van der Waals surface area (Å²) in [6.45, 7) is 5.99. The fraction of sp³-hybridized carbons (Fsp3) is 0.300. The highest BCUT2D eigenvalue weighted by Gasteiger charge is 2.15. The molecule has 0 radical (unpaired) electrons. The fourth-order valence-corrected chi connectivity index (χ4v) is 2.49. The molecule has 2 aromatic carbocycles. The maximum Gasteiger partial charge on any atom is 0.243 e. The Labute approximate surface area is 143 Å². The van der Waals surface area contributed by atoms with Crippen LogP contribution in [0, 0.1) is 20.8 Å². The second-order valence-electron chi connectivity index (χ2n) is 6.15. The van der Waals surface area contributed by atoms with Crippen LogP contribution in [0.1, 0.15) is 22.3 Å². The molecule has 4 heteroatoms. The van der Waals surface area contributed by atoms with Gasteiger partial charge >= 0.3 is 0 Å². The molecule has 0 unspecified atom stereocenters. The lowest BCUT2D eigenvalue weighted by Gasteiger charge is -2.18. The number of hydrogen-bond donors (Lipinski definition) is 1. The van der Waals surface area contributed by atoms with E-state index in [1.54, 1.807) is 7.05 Å². The highest BCUT2D eigenvalue weighted by molar-refractivity contribution is 5.95. The van der Waals surface area contributed by atoms with Gasteiger partial charge in [0, 0.05) is 12.7 Å². The minimum Gasteiger partial charge on any atom is -0.336 e. The summed E-state index contributed by atoms with van der Waals surface area (Å²) in [5.41, 5.74) is 5.03. The first-order valence-corrected chi connectivity index (χ1v) is 8.03. The van der Waals surface area contributed by atoms with Crippen molar-refractivity contribution in [2.45, 2.75) is 27.2 Å². The lowest BCUT2D eigenvalue weighted by Crippen LogP contribution is -2.36. The number of carbonyl (C=O) groups excluding carboxylic acids is 2. The summed E-state index contributed by atoms with van der Waals surface area (Å²) in [4.78, 5) is 26.0. The molecule has 0 aliphatic heterocycles. The molecule has 0 spiro atoms. The number of hydrogen-bond acceptors (Lipinski definition) is 2. The lowest BCUT2D eigenvalue weighted by molar-refractivity contribution is -0.132. The number of nitrogens with one attached hydrogen (secondary N) is 1. The van der Waals surface area contributed by atoms with Crippen molar-refractivity contribution < 1.29 is 9.59 Å². The van der Waals surface area contributed by atoms with Gasteiger partial charge in [-0.05, 0) is 49.1 Å². The Kier molecular flexibility index (Phi) is 5.74. The van der Waals surface area contributed by atoms with Crippen molar-refractivity contribution in [1.82, 2.24) is 4.90 Å². The van der Waals surface area contributed by atoms with Crippen LogP contribution in [-0.2, 0) is 16.0 Å². The van der Waals surface area contributed by atoms with E-state index in [4.69, 9.17) is 0 Å². The van der Waals surface area contributed by atoms with E-state index in [1.807, 2.05) is 63.2 Å². The normalized spacial score (nSPS) is 10.3. The van der Waals surface area contributed by atoms with E-state index < -0.39 is 0 Å². The van der Waals surface area contributed by atoms with Gasteiger partial charge in [-0.1, -0.05) is 36.4 Å². The first-order valence-electron chi connectivity index (χ1n) is 8.03. The number of amides is 2. The summed E-state index contributed by atoms with van der Waals surface area (Å²) in [6, 6.07) is 13.6.